The third-order valence-electron chi connectivity index (χ3n) is 2.60. The molecule has 1 rings (SSSR count). The number of nitriles is 1. The Kier molecular flexibility index (Phi) is 7.31. The lowest BCUT2D eigenvalue weighted by molar-refractivity contribution is 0.301. The lowest BCUT2D eigenvalue weighted by Crippen LogP contribution is -2.33. The van der Waals surface area contributed by atoms with Gasteiger partial charge in [0, 0.05) is 6.57 Å². The van der Waals surface area contributed by atoms with E-state index in [0.29, 0.717) is 5.41 Å². The van der Waals surface area contributed by atoms with Gasteiger partial charge in [0.15, 0.2) is 0 Å². The van der Waals surface area contributed by atoms with Crippen molar-refractivity contribution in [2.75, 3.05) is 13.1 Å². The van der Waals surface area contributed by atoms with Crippen LogP contribution in [0.1, 0.15) is 19.8 Å². The van der Waals surface area contributed by atoms with Gasteiger partial charge in [-0.25, -0.2) is 5.26 Å². The minimum atomic E-state index is 0.400. The van der Waals surface area contributed by atoms with E-state index in [0.717, 1.165) is 13.1 Å². The van der Waals surface area contributed by atoms with Crippen LogP contribution >= 0.6 is 0 Å². The van der Waals surface area contributed by atoms with E-state index in [9.17, 15) is 0 Å². The second-order valence-corrected chi connectivity index (χ2v) is 3.88. The highest BCUT2D eigenvalue weighted by molar-refractivity contribution is 5.12. The molecule has 15 heavy (non-hydrogen) atoms. The SMILES string of the molecule is C#N.C=C/C=C\C=C\C1(C)CCNCC1. The number of nitrogens with zero attached hydrogens (tertiary/aromatic N) is 1. The molecule has 0 atom stereocenters. The summed E-state index contributed by atoms with van der Waals surface area (Å²) >= 11 is 0. The lowest BCUT2D eigenvalue weighted by Gasteiger charge is -2.30. The second-order valence-electron chi connectivity index (χ2n) is 3.88. The van der Waals surface area contributed by atoms with Crippen molar-refractivity contribution in [1.82, 2.24) is 5.32 Å². The number of allylic oxidation sites excluding steroid dienone is 5. The van der Waals surface area contributed by atoms with Crippen LogP contribution in [-0.4, -0.2) is 13.1 Å². The monoisotopic (exact) mass is 204 g/mol. The van der Waals surface area contributed by atoms with E-state index in [-0.39, 0.29) is 0 Å². The molecule has 82 valence electrons. The molecule has 0 saturated carbocycles. The molecule has 0 spiro atoms. The fourth-order valence-electron chi connectivity index (χ4n) is 1.60. The number of rotatable bonds is 3. The molecule has 1 N–H and O–H groups in total. The van der Waals surface area contributed by atoms with Gasteiger partial charge >= 0.3 is 0 Å². The van der Waals surface area contributed by atoms with Gasteiger partial charge in [0.05, 0.1) is 0 Å². The number of hydrogen-bond donors (Lipinski definition) is 1. The summed E-state index contributed by atoms with van der Waals surface area (Å²) in [6.45, 7) is 11.7. The van der Waals surface area contributed by atoms with E-state index in [1.807, 2.05) is 12.2 Å². The van der Waals surface area contributed by atoms with Gasteiger partial charge in [-0.3, -0.25) is 0 Å². The van der Waals surface area contributed by atoms with Gasteiger partial charge in [-0.2, -0.15) is 0 Å². The number of piperidine rings is 1. The Morgan fingerprint density at radius 1 is 1.20 bits per heavy atom. The first-order valence-electron chi connectivity index (χ1n) is 5.20. The molecule has 0 aliphatic carbocycles. The highest BCUT2D eigenvalue weighted by Gasteiger charge is 2.22. The smallest absolute Gasteiger partial charge is 0.0462 e. The maximum Gasteiger partial charge on any atom is 0.0462 e. The van der Waals surface area contributed by atoms with Gasteiger partial charge < -0.3 is 5.32 Å². The van der Waals surface area contributed by atoms with Crippen molar-refractivity contribution in [2.24, 2.45) is 5.41 Å². The van der Waals surface area contributed by atoms with Crippen LogP contribution in [0.15, 0.2) is 37.0 Å². The Labute approximate surface area is 93.0 Å². The molecule has 2 heteroatoms. The van der Waals surface area contributed by atoms with Crippen LogP contribution in [0.25, 0.3) is 0 Å². The molecule has 1 aliphatic rings. The molecule has 0 aromatic rings. The maximum absolute atomic E-state index is 6.50. The summed E-state index contributed by atoms with van der Waals surface area (Å²) in [4.78, 5) is 0. The van der Waals surface area contributed by atoms with Gasteiger partial charge in [-0.05, 0) is 31.3 Å². The number of nitrogens with one attached hydrogen (secondary N) is 1. The Balaban J connectivity index is 0.000000921. The summed E-state index contributed by atoms with van der Waals surface area (Å²) in [5, 5.41) is 9.87. The second kappa shape index (κ2) is 8.02. The molecule has 0 unspecified atom stereocenters. The van der Waals surface area contributed by atoms with Crippen LogP contribution in [-0.2, 0) is 0 Å². The van der Waals surface area contributed by atoms with Gasteiger partial charge in [-0.15, -0.1) is 0 Å². The van der Waals surface area contributed by atoms with E-state index in [2.05, 4.69) is 37.5 Å². The zero-order valence-corrected chi connectivity index (χ0v) is 9.45. The average Bonchev–Trinajstić information content (AvgIpc) is 2.28. The van der Waals surface area contributed by atoms with E-state index < -0.39 is 0 Å². The summed E-state index contributed by atoms with van der Waals surface area (Å²) in [6, 6.07) is 0. The van der Waals surface area contributed by atoms with Crippen LogP contribution in [0.2, 0.25) is 0 Å². The molecular weight excluding hydrogens is 184 g/mol. The summed E-state index contributed by atoms with van der Waals surface area (Å²) < 4.78 is 0. The largest absolute Gasteiger partial charge is 0.317 e. The first-order valence-corrected chi connectivity index (χ1v) is 5.20. The van der Waals surface area contributed by atoms with Gasteiger partial charge in [-0.1, -0.05) is 43.9 Å². The van der Waals surface area contributed by atoms with Gasteiger partial charge in [0.25, 0.3) is 0 Å². The predicted octanol–water partition coefficient (Wildman–Crippen LogP) is 2.81. The minimum absolute atomic E-state index is 0.400. The molecule has 0 aromatic carbocycles. The van der Waals surface area contributed by atoms with Crippen LogP contribution < -0.4 is 5.32 Å². The molecule has 0 amide bonds. The van der Waals surface area contributed by atoms with Crippen molar-refractivity contribution in [1.29, 1.82) is 5.26 Å². The standard InChI is InChI=1S/C12H19N.CHN/c1-3-4-5-6-7-12(2)8-10-13-11-9-12;1-2/h3-7,13H,1,8-11H2,2H3;1H/b5-4-,7-6+;. The van der Waals surface area contributed by atoms with Crippen LogP contribution in [0, 0.1) is 17.2 Å². The number of hydrogen-bond acceptors (Lipinski definition) is 2. The Bertz CT molecular complexity index is 243. The fraction of sp³-hybridized carbons (Fsp3) is 0.462. The van der Waals surface area contributed by atoms with Crippen molar-refractivity contribution in [3.05, 3.63) is 37.0 Å². The first-order chi connectivity index (χ1) is 7.27. The van der Waals surface area contributed by atoms with Crippen molar-refractivity contribution >= 4 is 0 Å². The molecule has 2 nitrogen and oxygen atoms in total. The molecule has 1 saturated heterocycles. The normalized spacial score (nSPS) is 19.7. The van der Waals surface area contributed by atoms with Crippen LogP contribution in [0.5, 0.6) is 0 Å². The van der Waals surface area contributed by atoms with Crippen LogP contribution in [0.4, 0.5) is 0 Å². The van der Waals surface area contributed by atoms with E-state index in [1.165, 1.54) is 12.8 Å². The van der Waals surface area contributed by atoms with Crippen molar-refractivity contribution in [3.8, 4) is 6.57 Å². The molecule has 1 heterocycles. The predicted molar refractivity (Wildman–Crippen MR) is 65.4 cm³/mol. The molecule has 0 bridgehead atoms. The van der Waals surface area contributed by atoms with E-state index >= 15 is 0 Å². The highest BCUT2D eigenvalue weighted by Crippen LogP contribution is 2.29. The summed E-state index contributed by atoms with van der Waals surface area (Å²) in [5.41, 5.74) is 0.400. The summed E-state index contributed by atoms with van der Waals surface area (Å²) in [6.07, 6.45) is 12.7. The summed E-state index contributed by atoms with van der Waals surface area (Å²) in [5.74, 6) is 0. The topological polar surface area (TPSA) is 35.8 Å². The van der Waals surface area contributed by atoms with Crippen molar-refractivity contribution in [2.45, 2.75) is 19.8 Å². The lowest BCUT2D eigenvalue weighted by atomic mass is 9.81. The molecule has 1 aliphatic heterocycles. The minimum Gasteiger partial charge on any atom is -0.317 e. The van der Waals surface area contributed by atoms with Gasteiger partial charge in [0.2, 0.25) is 0 Å². The zero-order valence-electron chi connectivity index (χ0n) is 9.45. The quantitative estimate of drug-likeness (QED) is 0.717. The third kappa shape index (κ3) is 5.87. The van der Waals surface area contributed by atoms with Gasteiger partial charge in [0.1, 0.15) is 0 Å². The highest BCUT2D eigenvalue weighted by atomic mass is 14.9. The molecule has 0 radical (unpaired) electrons. The van der Waals surface area contributed by atoms with Crippen molar-refractivity contribution < 1.29 is 0 Å². The van der Waals surface area contributed by atoms with E-state index in [1.54, 1.807) is 6.08 Å². The molecular formula is C13H20N2. The first kappa shape index (κ1) is 13.7. The molecule has 1 fully saturated rings. The third-order valence-corrected chi connectivity index (χ3v) is 2.60. The van der Waals surface area contributed by atoms with E-state index in [4.69, 9.17) is 5.26 Å². The Morgan fingerprint density at radius 3 is 2.33 bits per heavy atom. The average molecular weight is 204 g/mol. The fourth-order valence-corrected chi connectivity index (χ4v) is 1.60. The summed E-state index contributed by atoms with van der Waals surface area (Å²) in [7, 11) is 0. The molecule has 0 aromatic heterocycles. The van der Waals surface area contributed by atoms with Crippen LogP contribution in [0.3, 0.4) is 0 Å². The maximum atomic E-state index is 6.50. The Morgan fingerprint density at radius 2 is 1.80 bits per heavy atom. The zero-order chi connectivity index (χ0) is 11.6. The Hall–Kier alpha value is -1.33. The van der Waals surface area contributed by atoms with Crippen molar-refractivity contribution in [3.63, 3.8) is 0 Å².